The van der Waals surface area contributed by atoms with E-state index in [1.54, 1.807) is 11.3 Å². The summed E-state index contributed by atoms with van der Waals surface area (Å²) in [7, 11) is 2.09. The van der Waals surface area contributed by atoms with Crippen molar-refractivity contribution in [1.82, 2.24) is 4.90 Å². The SMILES string of the molecule is CCC(CC#N)N(C)Cc1ccsc1. The summed E-state index contributed by atoms with van der Waals surface area (Å²) < 4.78 is 0. The van der Waals surface area contributed by atoms with E-state index < -0.39 is 0 Å². The summed E-state index contributed by atoms with van der Waals surface area (Å²) in [6.07, 6.45) is 1.66. The van der Waals surface area contributed by atoms with E-state index in [1.807, 2.05) is 0 Å². The van der Waals surface area contributed by atoms with Gasteiger partial charge in [-0.2, -0.15) is 16.6 Å². The lowest BCUT2D eigenvalue weighted by molar-refractivity contribution is 0.230. The van der Waals surface area contributed by atoms with Crippen LogP contribution in [0.4, 0.5) is 0 Å². The average Bonchev–Trinajstić information content (AvgIpc) is 2.66. The maximum atomic E-state index is 8.67. The highest BCUT2D eigenvalue weighted by Crippen LogP contribution is 2.13. The maximum absolute atomic E-state index is 8.67. The van der Waals surface area contributed by atoms with Crippen molar-refractivity contribution in [2.45, 2.75) is 32.4 Å². The van der Waals surface area contributed by atoms with Crippen molar-refractivity contribution in [3.05, 3.63) is 22.4 Å². The topological polar surface area (TPSA) is 27.0 Å². The first-order valence-electron chi connectivity index (χ1n) is 4.86. The van der Waals surface area contributed by atoms with Crippen LogP contribution in [0.1, 0.15) is 25.3 Å². The first kappa shape index (κ1) is 11.2. The molecule has 3 heteroatoms. The summed E-state index contributed by atoms with van der Waals surface area (Å²) in [6, 6.07) is 4.77. The monoisotopic (exact) mass is 208 g/mol. The molecule has 0 aliphatic rings. The predicted octanol–water partition coefficient (Wildman–Crippen LogP) is 2.87. The first-order valence-corrected chi connectivity index (χ1v) is 5.80. The van der Waals surface area contributed by atoms with Gasteiger partial charge in [0.2, 0.25) is 0 Å². The smallest absolute Gasteiger partial charge is 0.0638 e. The highest BCUT2D eigenvalue weighted by molar-refractivity contribution is 7.07. The summed E-state index contributed by atoms with van der Waals surface area (Å²) >= 11 is 1.72. The van der Waals surface area contributed by atoms with Crippen LogP contribution in [0.2, 0.25) is 0 Å². The Morgan fingerprint density at radius 1 is 1.64 bits per heavy atom. The highest BCUT2D eigenvalue weighted by Gasteiger charge is 2.12. The third kappa shape index (κ3) is 3.13. The summed E-state index contributed by atoms with van der Waals surface area (Å²) in [5.74, 6) is 0. The van der Waals surface area contributed by atoms with E-state index in [0.29, 0.717) is 12.5 Å². The minimum absolute atomic E-state index is 0.389. The minimum atomic E-state index is 0.389. The lowest BCUT2D eigenvalue weighted by atomic mass is 10.1. The Labute approximate surface area is 89.8 Å². The fourth-order valence-corrected chi connectivity index (χ4v) is 2.18. The summed E-state index contributed by atoms with van der Waals surface area (Å²) in [5, 5.41) is 12.9. The van der Waals surface area contributed by atoms with Crippen LogP contribution < -0.4 is 0 Å². The summed E-state index contributed by atoms with van der Waals surface area (Å²) in [4.78, 5) is 2.26. The lowest BCUT2D eigenvalue weighted by Gasteiger charge is -2.24. The maximum Gasteiger partial charge on any atom is 0.0638 e. The number of hydrogen-bond donors (Lipinski definition) is 0. The molecule has 0 spiro atoms. The van der Waals surface area contributed by atoms with Crippen LogP contribution in [0.3, 0.4) is 0 Å². The van der Waals surface area contributed by atoms with Crippen LogP contribution in [0.25, 0.3) is 0 Å². The van der Waals surface area contributed by atoms with Gasteiger partial charge in [0.05, 0.1) is 12.5 Å². The average molecular weight is 208 g/mol. The molecule has 0 fully saturated rings. The van der Waals surface area contributed by atoms with E-state index in [9.17, 15) is 0 Å². The molecule has 1 aromatic heterocycles. The van der Waals surface area contributed by atoms with E-state index in [2.05, 4.69) is 41.8 Å². The molecule has 1 rings (SSSR count). The van der Waals surface area contributed by atoms with Crippen LogP contribution in [-0.2, 0) is 6.54 Å². The Kier molecular flexibility index (Phi) is 4.64. The molecule has 1 unspecified atom stereocenters. The van der Waals surface area contributed by atoms with Gasteiger partial charge < -0.3 is 0 Å². The fraction of sp³-hybridized carbons (Fsp3) is 0.545. The molecule has 0 saturated heterocycles. The van der Waals surface area contributed by atoms with Gasteiger partial charge in [-0.05, 0) is 35.9 Å². The van der Waals surface area contributed by atoms with E-state index in [1.165, 1.54) is 5.56 Å². The second-order valence-electron chi connectivity index (χ2n) is 3.47. The zero-order chi connectivity index (χ0) is 10.4. The third-order valence-electron chi connectivity index (χ3n) is 2.43. The van der Waals surface area contributed by atoms with Gasteiger partial charge in [-0.25, -0.2) is 0 Å². The zero-order valence-corrected chi connectivity index (χ0v) is 9.55. The number of nitriles is 1. The molecule has 0 amide bonds. The molecule has 76 valence electrons. The van der Waals surface area contributed by atoms with Crippen molar-refractivity contribution in [3.8, 4) is 6.07 Å². The van der Waals surface area contributed by atoms with E-state index >= 15 is 0 Å². The molecule has 2 nitrogen and oxygen atoms in total. The van der Waals surface area contributed by atoms with Crippen LogP contribution in [-0.4, -0.2) is 18.0 Å². The highest BCUT2D eigenvalue weighted by atomic mass is 32.1. The zero-order valence-electron chi connectivity index (χ0n) is 8.73. The van der Waals surface area contributed by atoms with Gasteiger partial charge in [0.15, 0.2) is 0 Å². The number of rotatable bonds is 5. The molecule has 14 heavy (non-hydrogen) atoms. The molecular weight excluding hydrogens is 192 g/mol. The Hall–Kier alpha value is -0.850. The number of thiophene rings is 1. The molecule has 1 heterocycles. The largest absolute Gasteiger partial charge is 0.298 e. The quantitative estimate of drug-likeness (QED) is 0.744. The van der Waals surface area contributed by atoms with Gasteiger partial charge in [-0.3, -0.25) is 4.90 Å². The Bertz CT molecular complexity index is 287. The third-order valence-corrected chi connectivity index (χ3v) is 3.17. The van der Waals surface area contributed by atoms with Crippen molar-refractivity contribution < 1.29 is 0 Å². The van der Waals surface area contributed by atoms with E-state index in [4.69, 9.17) is 5.26 Å². The summed E-state index contributed by atoms with van der Waals surface area (Å²) in [6.45, 7) is 3.08. The molecular formula is C11H16N2S. The van der Waals surface area contributed by atoms with Crippen LogP contribution >= 0.6 is 11.3 Å². The van der Waals surface area contributed by atoms with Crippen molar-refractivity contribution in [1.29, 1.82) is 5.26 Å². The van der Waals surface area contributed by atoms with Crippen LogP contribution in [0, 0.1) is 11.3 Å². The van der Waals surface area contributed by atoms with Gasteiger partial charge in [0.1, 0.15) is 0 Å². The molecule has 0 aliphatic carbocycles. The first-order chi connectivity index (χ1) is 6.77. The van der Waals surface area contributed by atoms with Crippen molar-refractivity contribution in [2.75, 3.05) is 7.05 Å². The molecule has 0 N–H and O–H groups in total. The molecule has 0 aliphatic heterocycles. The molecule has 0 saturated carbocycles. The predicted molar refractivity (Wildman–Crippen MR) is 60.1 cm³/mol. The van der Waals surface area contributed by atoms with E-state index in [-0.39, 0.29) is 0 Å². The van der Waals surface area contributed by atoms with Crippen molar-refractivity contribution >= 4 is 11.3 Å². The van der Waals surface area contributed by atoms with Gasteiger partial charge in [0.25, 0.3) is 0 Å². The summed E-state index contributed by atoms with van der Waals surface area (Å²) in [5.41, 5.74) is 1.34. The lowest BCUT2D eigenvalue weighted by Crippen LogP contribution is -2.30. The minimum Gasteiger partial charge on any atom is -0.298 e. The number of hydrogen-bond acceptors (Lipinski definition) is 3. The van der Waals surface area contributed by atoms with Crippen molar-refractivity contribution in [3.63, 3.8) is 0 Å². The van der Waals surface area contributed by atoms with Gasteiger partial charge in [0, 0.05) is 12.6 Å². The molecule has 0 bridgehead atoms. The van der Waals surface area contributed by atoms with E-state index in [0.717, 1.165) is 13.0 Å². The second kappa shape index (κ2) is 5.79. The Balaban J connectivity index is 2.48. The number of nitrogens with zero attached hydrogens (tertiary/aromatic N) is 2. The fourth-order valence-electron chi connectivity index (χ4n) is 1.52. The Morgan fingerprint density at radius 2 is 2.43 bits per heavy atom. The second-order valence-corrected chi connectivity index (χ2v) is 4.25. The molecule has 0 aromatic carbocycles. The van der Waals surface area contributed by atoms with Crippen LogP contribution in [0.15, 0.2) is 16.8 Å². The molecule has 1 aromatic rings. The normalized spacial score (nSPS) is 12.7. The van der Waals surface area contributed by atoms with Gasteiger partial charge in [-0.15, -0.1) is 0 Å². The van der Waals surface area contributed by atoms with Crippen molar-refractivity contribution in [2.24, 2.45) is 0 Å². The molecule has 1 atom stereocenters. The van der Waals surface area contributed by atoms with Crippen LogP contribution in [0.5, 0.6) is 0 Å². The van der Waals surface area contributed by atoms with Gasteiger partial charge >= 0.3 is 0 Å². The Morgan fingerprint density at radius 3 is 2.93 bits per heavy atom. The van der Waals surface area contributed by atoms with Gasteiger partial charge in [-0.1, -0.05) is 6.92 Å². The standard InChI is InChI=1S/C11H16N2S/c1-3-11(4-6-12)13(2)8-10-5-7-14-9-10/h5,7,9,11H,3-4,8H2,1-2H3. The molecule has 0 radical (unpaired) electrons.